The number of aliphatic hydroxyl groups is 1. The Morgan fingerprint density at radius 1 is 1.25 bits per heavy atom. The van der Waals surface area contributed by atoms with Crippen LogP contribution in [0, 0.1) is 26.1 Å². The first-order valence-corrected chi connectivity index (χ1v) is 6.23. The molecule has 0 saturated heterocycles. The predicted molar refractivity (Wildman–Crippen MR) is 73.7 cm³/mol. The smallest absolute Gasteiger partial charge is 0.299 e. The number of anilines is 1. The zero-order valence-electron chi connectivity index (χ0n) is 11.1. The van der Waals surface area contributed by atoms with Crippen LogP contribution in [0.25, 0.3) is 0 Å². The summed E-state index contributed by atoms with van der Waals surface area (Å²) < 4.78 is 0. The van der Waals surface area contributed by atoms with Gasteiger partial charge in [0.1, 0.15) is 5.69 Å². The van der Waals surface area contributed by atoms with E-state index in [2.05, 4.69) is 5.32 Å². The molecule has 110 valence electrons. The first kappa shape index (κ1) is 15.8. The summed E-state index contributed by atoms with van der Waals surface area (Å²) in [6.07, 6.45) is 1.42. The summed E-state index contributed by atoms with van der Waals surface area (Å²) in [5.74, 6) is 0.296. The second kappa shape index (κ2) is 7.39. The Morgan fingerprint density at radius 2 is 1.95 bits per heavy atom. The highest BCUT2D eigenvalue weighted by atomic mass is 16.6. The molecule has 0 bridgehead atoms. The molecule has 2 N–H and O–H groups in total. The molecule has 0 spiro atoms. The number of nitrogens with zero attached hydrogens (tertiary/aromatic N) is 2. The molecule has 1 aromatic carbocycles. The molecule has 0 radical (unpaired) electrons. The van der Waals surface area contributed by atoms with Gasteiger partial charge in [0.25, 0.3) is 11.4 Å². The molecule has 1 aromatic rings. The van der Waals surface area contributed by atoms with Gasteiger partial charge in [-0.3, -0.25) is 20.2 Å². The average molecular weight is 283 g/mol. The Bertz CT molecular complexity index is 492. The van der Waals surface area contributed by atoms with Crippen molar-refractivity contribution < 1.29 is 15.0 Å². The van der Waals surface area contributed by atoms with Gasteiger partial charge in [-0.05, 0) is 24.8 Å². The number of nitrogens with one attached hydrogen (secondary N) is 1. The second-order valence-corrected chi connectivity index (χ2v) is 4.55. The van der Waals surface area contributed by atoms with Crippen LogP contribution in [0.5, 0.6) is 0 Å². The van der Waals surface area contributed by atoms with Crippen molar-refractivity contribution >= 4 is 17.1 Å². The van der Waals surface area contributed by atoms with Gasteiger partial charge in [0.2, 0.25) is 0 Å². The minimum absolute atomic E-state index is 0.110. The normalized spacial score (nSPS) is 11.9. The van der Waals surface area contributed by atoms with Gasteiger partial charge >= 0.3 is 0 Å². The van der Waals surface area contributed by atoms with E-state index in [0.717, 1.165) is 12.5 Å². The van der Waals surface area contributed by atoms with Gasteiger partial charge in [0.15, 0.2) is 0 Å². The third-order valence-corrected chi connectivity index (χ3v) is 2.96. The Labute approximate surface area is 115 Å². The van der Waals surface area contributed by atoms with Crippen molar-refractivity contribution in [3.63, 3.8) is 0 Å². The Kier molecular flexibility index (Phi) is 5.85. The van der Waals surface area contributed by atoms with E-state index in [1.165, 1.54) is 12.1 Å². The molecule has 0 aliphatic rings. The Balaban J connectivity index is 2.74. The summed E-state index contributed by atoms with van der Waals surface area (Å²) in [7, 11) is 0. The van der Waals surface area contributed by atoms with E-state index in [-0.39, 0.29) is 23.7 Å². The van der Waals surface area contributed by atoms with Crippen LogP contribution in [0.4, 0.5) is 17.1 Å². The van der Waals surface area contributed by atoms with Crippen molar-refractivity contribution in [1.29, 1.82) is 0 Å². The van der Waals surface area contributed by atoms with Crippen LogP contribution in [0.2, 0.25) is 0 Å². The van der Waals surface area contributed by atoms with Crippen molar-refractivity contribution in [2.75, 3.05) is 18.5 Å². The Morgan fingerprint density at radius 3 is 2.50 bits per heavy atom. The molecular weight excluding hydrogens is 266 g/mol. The van der Waals surface area contributed by atoms with Crippen LogP contribution in [0.1, 0.15) is 19.8 Å². The summed E-state index contributed by atoms with van der Waals surface area (Å²) in [4.78, 5) is 20.2. The van der Waals surface area contributed by atoms with Gasteiger partial charge in [-0.25, -0.2) is 0 Å². The van der Waals surface area contributed by atoms with Crippen LogP contribution in [-0.2, 0) is 0 Å². The van der Waals surface area contributed by atoms with Crippen molar-refractivity contribution in [2.45, 2.75) is 19.8 Å². The van der Waals surface area contributed by atoms with E-state index >= 15 is 0 Å². The lowest BCUT2D eigenvalue weighted by molar-refractivity contribution is -0.393. The largest absolute Gasteiger partial charge is 0.396 e. The van der Waals surface area contributed by atoms with Crippen LogP contribution in [0.3, 0.4) is 0 Å². The highest BCUT2D eigenvalue weighted by Gasteiger charge is 2.19. The number of benzene rings is 1. The minimum Gasteiger partial charge on any atom is -0.396 e. The molecule has 1 unspecified atom stereocenters. The predicted octanol–water partition coefficient (Wildman–Crippen LogP) is 2.32. The summed E-state index contributed by atoms with van der Waals surface area (Å²) in [5.41, 5.74) is -0.360. The highest BCUT2D eigenvalue weighted by molar-refractivity contribution is 5.65. The standard InChI is InChI=1S/C12H17N3O5/c1-9(5-7-16)4-6-13-11-3-2-10(14(17)18)8-12(11)15(19)20/h2-3,8-9,13,16H,4-7H2,1H3. The van der Waals surface area contributed by atoms with Gasteiger partial charge in [-0.15, -0.1) is 0 Å². The molecule has 0 fully saturated rings. The quantitative estimate of drug-likeness (QED) is 0.558. The van der Waals surface area contributed by atoms with Crippen molar-refractivity contribution in [3.05, 3.63) is 38.4 Å². The summed E-state index contributed by atoms with van der Waals surface area (Å²) in [6, 6.07) is 3.51. The van der Waals surface area contributed by atoms with E-state index in [0.29, 0.717) is 18.9 Å². The zero-order chi connectivity index (χ0) is 15.1. The number of nitro groups is 2. The average Bonchev–Trinajstić information content (AvgIpc) is 2.38. The first-order chi connectivity index (χ1) is 9.45. The fraction of sp³-hybridized carbons (Fsp3) is 0.500. The number of nitro benzene ring substituents is 2. The van der Waals surface area contributed by atoms with Crippen LogP contribution in [-0.4, -0.2) is 28.1 Å². The molecule has 1 atom stereocenters. The van der Waals surface area contributed by atoms with E-state index in [1.54, 1.807) is 0 Å². The van der Waals surface area contributed by atoms with Crippen molar-refractivity contribution in [3.8, 4) is 0 Å². The molecule has 0 saturated carbocycles. The first-order valence-electron chi connectivity index (χ1n) is 6.23. The van der Waals surface area contributed by atoms with Gasteiger partial charge in [0.05, 0.1) is 15.9 Å². The molecular formula is C12H17N3O5. The second-order valence-electron chi connectivity index (χ2n) is 4.55. The number of rotatable bonds is 8. The number of hydrogen-bond donors (Lipinski definition) is 2. The molecule has 20 heavy (non-hydrogen) atoms. The van der Waals surface area contributed by atoms with E-state index in [4.69, 9.17) is 5.11 Å². The third kappa shape index (κ3) is 4.47. The summed E-state index contributed by atoms with van der Waals surface area (Å²) in [6.45, 7) is 2.58. The molecule has 0 heterocycles. The van der Waals surface area contributed by atoms with Gasteiger partial charge in [-0.2, -0.15) is 0 Å². The van der Waals surface area contributed by atoms with E-state index in [1.807, 2.05) is 6.92 Å². The molecule has 0 amide bonds. The number of aliphatic hydroxyl groups excluding tert-OH is 1. The SMILES string of the molecule is CC(CCO)CCNc1ccc([N+](=O)[O-])cc1[N+](=O)[O-]. The zero-order valence-corrected chi connectivity index (χ0v) is 11.1. The maximum atomic E-state index is 10.9. The Hall–Kier alpha value is -2.22. The molecule has 1 rings (SSSR count). The van der Waals surface area contributed by atoms with Crippen molar-refractivity contribution in [1.82, 2.24) is 0 Å². The highest BCUT2D eigenvalue weighted by Crippen LogP contribution is 2.29. The summed E-state index contributed by atoms with van der Waals surface area (Å²) >= 11 is 0. The number of hydrogen-bond acceptors (Lipinski definition) is 6. The summed E-state index contributed by atoms with van der Waals surface area (Å²) in [5, 5.41) is 33.2. The molecule has 8 heteroatoms. The van der Waals surface area contributed by atoms with Gasteiger partial charge in [-0.1, -0.05) is 6.92 Å². The fourth-order valence-electron chi connectivity index (χ4n) is 1.75. The lowest BCUT2D eigenvalue weighted by Crippen LogP contribution is -2.09. The molecule has 8 nitrogen and oxygen atoms in total. The molecule has 0 aliphatic heterocycles. The molecule has 0 aromatic heterocycles. The van der Waals surface area contributed by atoms with Crippen LogP contribution >= 0.6 is 0 Å². The third-order valence-electron chi connectivity index (χ3n) is 2.96. The maximum absolute atomic E-state index is 10.9. The van der Waals surface area contributed by atoms with Crippen molar-refractivity contribution in [2.24, 2.45) is 5.92 Å². The van der Waals surface area contributed by atoms with Gasteiger partial charge in [0, 0.05) is 19.2 Å². The van der Waals surface area contributed by atoms with Crippen LogP contribution < -0.4 is 5.32 Å². The van der Waals surface area contributed by atoms with Gasteiger partial charge < -0.3 is 10.4 Å². The van der Waals surface area contributed by atoms with E-state index in [9.17, 15) is 20.2 Å². The van der Waals surface area contributed by atoms with E-state index < -0.39 is 9.85 Å². The monoisotopic (exact) mass is 283 g/mol. The maximum Gasteiger partial charge on any atom is 0.299 e. The lowest BCUT2D eigenvalue weighted by atomic mass is 10.0. The molecule has 0 aliphatic carbocycles. The van der Waals surface area contributed by atoms with Crippen LogP contribution in [0.15, 0.2) is 18.2 Å². The minimum atomic E-state index is -0.667. The topological polar surface area (TPSA) is 119 Å². The number of non-ortho nitro benzene ring substituents is 1. The lowest BCUT2D eigenvalue weighted by Gasteiger charge is -2.11. The fourth-order valence-corrected chi connectivity index (χ4v) is 1.75.